The number of hydrogen-bond donors (Lipinski definition) is 1. The number of rotatable bonds is 11. The Balaban J connectivity index is 0.00000453. The Morgan fingerprint density at radius 2 is 1.39 bits per heavy atom. The van der Waals surface area contributed by atoms with Crippen molar-refractivity contribution in [1.82, 2.24) is 5.32 Å². The minimum absolute atomic E-state index is 0. The molecule has 1 amide bonds. The van der Waals surface area contributed by atoms with Crippen LogP contribution >= 0.6 is 11.9 Å². The van der Waals surface area contributed by atoms with Gasteiger partial charge in [0.15, 0.2) is 0 Å². The summed E-state index contributed by atoms with van der Waals surface area (Å²) in [4.78, 5) is 24.2. The normalized spacial score (nSPS) is 13.0. The molecule has 236 valence electrons. The van der Waals surface area contributed by atoms with Crippen molar-refractivity contribution >= 4 is 24.2 Å². The molecule has 3 rings (SSSR count). The van der Waals surface area contributed by atoms with Gasteiger partial charge in [0, 0.05) is 6.42 Å². The number of halogens is 7. The Morgan fingerprint density at radius 3 is 1.86 bits per heavy atom. The molecule has 1 N–H and O–H groups in total. The fraction of sp³-hybridized carbons (Fsp3) is 0.333. The van der Waals surface area contributed by atoms with Crippen LogP contribution in [0.15, 0.2) is 78.9 Å². The molecule has 0 aromatic heterocycles. The van der Waals surface area contributed by atoms with E-state index in [1.165, 1.54) is 6.92 Å². The van der Waals surface area contributed by atoms with Crippen LogP contribution < -0.4 is 39.5 Å². The SMILES string of the molecule is C.C[C@@H](OC[C@@](CCC=O)(NC(=O)OCc1ccccc1)c1ccccc1)c1cc(C(F)(F)F)cc(C(F)(F)F)c1.[Na+].[O-]Cl. The van der Waals surface area contributed by atoms with Gasteiger partial charge in [-0.1, -0.05) is 68.1 Å². The van der Waals surface area contributed by atoms with E-state index in [-0.39, 0.29) is 74.7 Å². The number of ether oxygens (including phenoxy) is 2. The van der Waals surface area contributed by atoms with E-state index in [0.717, 1.165) is 0 Å². The van der Waals surface area contributed by atoms with Gasteiger partial charge in [-0.15, -0.1) is 0 Å². The van der Waals surface area contributed by atoms with E-state index in [9.17, 15) is 35.9 Å². The molecule has 14 heteroatoms. The van der Waals surface area contributed by atoms with Crippen LogP contribution in [0.4, 0.5) is 31.1 Å². The summed E-state index contributed by atoms with van der Waals surface area (Å²) in [5, 5.41) is 2.72. The van der Waals surface area contributed by atoms with Crippen LogP contribution in [0.1, 0.15) is 61.1 Å². The van der Waals surface area contributed by atoms with Crippen LogP contribution in [0.2, 0.25) is 0 Å². The standard InChI is InChI=1S/C29H27F6NO4.CH4.ClO.Na/c1-20(22-15-24(28(30,31)32)17-25(16-22)29(33,34)35)40-19-27(13-8-14-37,23-11-6-3-7-12-23)36-26(38)39-18-21-9-4-2-5-10-21;;1-2;/h2-7,9-12,14-17,20H,8,13,18-19H2,1H3,(H,36,38);1H4;;/q;;-1;+1/t20-,27-;;;/m1.../s1. The third kappa shape index (κ3) is 12.4. The maximum absolute atomic E-state index is 13.4. The van der Waals surface area contributed by atoms with Crippen molar-refractivity contribution in [1.29, 1.82) is 0 Å². The molecule has 0 spiro atoms. The molecule has 6 nitrogen and oxygen atoms in total. The van der Waals surface area contributed by atoms with Gasteiger partial charge in [-0.2, -0.15) is 26.3 Å². The predicted octanol–water partition coefficient (Wildman–Crippen LogP) is 4.74. The number of aldehydes is 1. The Bertz CT molecular complexity index is 1250. The van der Waals surface area contributed by atoms with Crippen LogP contribution in [0.25, 0.3) is 0 Å². The Kier molecular flexibility index (Phi) is 17.9. The van der Waals surface area contributed by atoms with Gasteiger partial charge in [-0.3, -0.25) is 0 Å². The van der Waals surface area contributed by atoms with E-state index in [0.29, 0.717) is 29.5 Å². The second-order valence-electron chi connectivity index (χ2n) is 9.13. The summed E-state index contributed by atoms with van der Waals surface area (Å²) in [6.07, 6.45) is -11.5. The third-order valence-electron chi connectivity index (χ3n) is 6.23. The van der Waals surface area contributed by atoms with Gasteiger partial charge >= 0.3 is 48.0 Å². The van der Waals surface area contributed by atoms with Crippen molar-refractivity contribution < 1.29 is 79.6 Å². The minimum Gasteiger partial charge on any atom is -0.769 e. The van der Waals surface area contributed by atoms with Crippen LogP contribution in [-0.2, 0) is 38.8 Å². The molecule has 0 heterocycles. The van der Waals surface area contributed by atoms with Gasteiger partial charge in [0.1, 0.15) is 12.9 Å². The van der Waals surface area contributed by atoms with Gasteiger partial charge < -0.3 is 24.2 Å². The Labute approximate surface area is 279 Å². The quantitative estimate of drug-likeness (QED) is 0.183. The zero-order valence-electron chi connectivity index (χ0n) is 23.2. The Hall–Kier alpha value is -2.61. The summed E-state index contributed by atoms with van der Waals surface area (Å²) >= 11 is 3.39. The summed E-state index contributed by atoms with van der Waals surface area (Å²) in [7, 11) is 0. The van der Waals surface area contributed by atoms with E-state index in [4.69, 9.17) is 14.1 Å². The maximum atomic E-state index is 13.4. The molecule has 0 aliphatic heterocycles. The fourth-order valence-corrected chi connectivity index (χ4v) is 4.06. The molecule has 0 unspecified atom stereocenters. The summed E-state index contributed by atoms with van der Waals surface area (Å²) in [6, 6.07) is 18.4. The summed E-state index contributed by atoms with van der Waals surface area (Å²) in [5.74, 6) is 0. The van der Waals surface area contributed by atoms with Crippen molar-refractivity contribution in [2.24, 2.45) is 0 Å². The molecular formula is C30H31ClF6NNaO5. The summed E-state index contributed by atoms with van der Waals surface area (Å²) < 4.78 is 99.1. The first-order valence-corrected chi connectivity index (χ1v) is 12.7. The molecule has 0 fully saturated rings. The zero-order chi connectivity index (χ0) is 31.4. The summed E-state index contributed by atoms with van der Waals surface area (Å²) in [6.45, 7) is 0.857. The average molecular weight is 658 g/mol. The van der Waals surface area contributed by atoms with Gasteiger partial charge in [0.25, 0.3) is 0 Å². The van der Waals surface area contributed by atoms with E-state index in [1.54, 1.807) is 60.7 Å². The second kappa shape index (κ2) is 19.0. The molecule has 0 aliphatic rings. The largest absolute Gasteiger partial charge is 1.00 e. The van der Waals surface area contributed by atoms with Crippen molar-refractivity contribution in [2.45, 2.75) is 57.8 Å². The number of hydrogen-bond acceptors (Lipinski definition) is 5. The number of nitrogens with one attached hydrogen (secondary N) is 1. The van der Waals surface area contributed by atoms with Gasteiger partial charge in [-0.05, 0) is 48.2 Å². The first-order chi connectivity index (χ1) is 19.8. The molecule has 0 radical (unpaired) electrons. The van der Waals surface area contributed by atoms with Crippen molar-refractivity contribution in [2.75, 3.05) is 6.61 Å². The molecule has 0 saturated carbocycles. The van der Waals surface area contributed by atoms with Crippen molar-refractivity contribution in [3.8, 4) is 0 Å². The minimum atomic E-state index is -5.02. The van der Waals surface area contributed by atoms with E-state index < -0.39 is 41.2 Å². The maximum Gasteiger partial charge on any atom is 1.00 e. The van der Waals surface area contributed by atoms with Crippen molar-refractivity contribution in [3.63, 3.8) is 0 Å². The summed E-state index contributed by atoms with van der Waals surface area (Å²) in [5.41, 5.74) is -3.47. The molecule has 44 heavy (non-hydrogen) atoms. The molecular weight excluding hydrogens is 627 g/mol. The van der Waals surface area contributed by atoms with Gasteiger partial charge in [0.2, 0.25) is 0 Å². The van der Waals surface area contributed by atoms with Crippen LogP contribution in [0.5, 0.6) is 0 Å². The van der Waals surface area contributed by atoms with Crippen LogP contribution in [0.3, 0.4) is 0 Å². The second-order valence-corrected chi connectivity index (χ2v) is 9.13. The van der Waals surface area contributed by atoms with Crippen LogP contribution in [-0.4, -0.2) is 19.0 Å². The average Bonchev–Trinajstić information content (AvgIpc) is 2.98. The van der Waals surface area contributed by atoms with Gasteiger partial charge in [-0.25, -0.2) is 16.7 Å². The smallest absolute Gasteiger partial charge is 0.769 e. The molecule has 2 atom stereocenters. The monoisotopic (exact) mass is 657 g/mol. The predicted molar refractivity (Wildman–Crippen MR) is 147 cm³/mol. The number of benzene rings is 3. The Morgan fingerprint density at radius 1 is 0.886 bits per heavy atom. The van der Waals surface area contributed by atoms with E-state index in [1.807, 2.05) is 0 Å². The first-order valence-electron chi connectivity index (χ1n) is 12.4. The number of alkyl halides is 6. The topological polar surface area (TPSA) is 87.7 Å². The number of amides is 1. The first kappa shape index (κ1) is 41.4. The van der Waals surface area contributed by atoms with E-state index >= 15 is 0 Å². The van der Waals surface area contributed by atoms with E-state index in [2.05, 4.69) is 17.2 Å². The molecule has 3 aromatic rings. The number of carbonyl (C=O) groups excluding carboxylic acids is 2. The molecule has 0 aliphatic carbocycles. The molecule has 0 saturated heterocycles. The molecule has 0 bridgehead atoms. The number of carbonyl (C=O) groups is 2. The van der Waals surface area contributed by atoms with Gasteiger partial charge in [0.05, 0.1) is 29.4 Å². The molecule has 3 aromatic carbocycles. The fourth-order valence-electron chi connectivity index (χ4n) is 4.06. The zero-order valence-corrected chi connectivity index (χ0v) is 25.9. The third-order valence-corrected chi connectivity index (χ3v) is 6.23. The van der Waals surface area contributed by atoms with Crippen molar-refractivity contribution in [3.05, 3.63) is 107 Å². The van der Waals surface area contributed by atoms with Crippen LogP contribution in [0, 0.1) is 0 Å². The number of alkyl carbamates (subject to hydrolysis) is 1.